The minimum absolute atomic E-state index is 0.0141. The molecule has 3 rings (SSSR count). The summed E-state index contributed by atoms with van der Waals surface area (Å²) in [5, 5.41) is 13.0. The number of aliphatic hydroxyl groups excluding tert-OH is 1. The first-order valence-corrected chi connectivity index (χ1v) is 11.5. The van der Waals surface area contributed by atoms with E-state index < -0.39 is 18.1 Å². The minimum Gasteiger partial charge on any atom is -0.399 e. The Morgan fingerprint density at radius 3 is 2.45 bits per heavy atom. The van der Waals surface area contributed by atoms with Gasteiger partial charge in [-0.1, -0.05) is 20.8 Å². The summed E-state index contributed by atoms with van der Waals surface area (Å²) in [5.41, 5.74) is 6.75. The van der Waals surface area contributed by atoms with Crippen molar-refractivity contribution in [3.8, 4) is 0 Å². The van der Waals surface area contributed by atoms with Gasteiger partial charge >= 0.3 is 0 Å². The maximum Gasteiger partial charge on any atom is 0.252 e. The number of likely N-dealkylation sites (tertiary alicyclic amines) is 2. The quantitative estimate of drug-likeness (QED) is 0.494. The number of aliphatic hydroxyl groups is 1. The maximum atomic E-state index is 12.9. The monoisotopic (exact) mass is 458 g/mol. The van der Waals surface area contributed by atoms with Crippen molar-refractivity contribution in [2.24, 2.45) is 11.8 Å². The summed E-state index contributed by atoms with van der Waals surface area (Å²) in [5.74, 6) is -1.14. The van der Waals surface area contributed by atoms with Crippen LogP contribution in [0.25, 0.3) is 0 Å². The van der Waals surface area contributed by atoms with Crippen molar-refractivity contribution in [3.63, 3.8) is 0 Å². The lowest BCUT2D eigenvalue weighted by Crippen LogP contribution is -2.46. The van der Waals surface area contributed by atoms with Crippen LogP contribution in [0.3, 0.4) is 0 Å². The van der Waals surface area contributed by atoms with Gasteiger partial charge in [-0.3, -0.25) is 19.2 Å². The van der Waals surface area contributed by atoms with Gasteiger partial charge in [0.2, 0.25) is 5.91 Å². The standard InChI is InChI=1S/C24H34N4O5/c1-14(2)22(31)24(33)28-13-19(29)21-18(28)9-11-27(21)20(30)12-15(3)8-10-26-23(32)16-4-6-17(25)7-5-16/h4-7,14-15,18,21-22,31H,8-13,25H2,1-3H3,(H,26,32). The van der Waals surface area contributed by atoms with Gasteiger partial charge < -0.3 is 26.0 Å². The lowest BCUT2D eigenvalue weighted by Gasteiger charge is -2.27. The number of fused-ring (bicyclic) bond motifs is 1. The fourth-order valence-electron chi connectivity index (χ4n) is 4.53. The zero-order chi connectivity index (χ0) is 24.3. The number of carbonyl (C=O) groups is 4. The lowest BCUT2D eigenvalue weighted by atomic mass is 10.0. The number of nitrogen functional groups attached to an aromatic ring is 1. The molecule has 180 valence electrons. The second-order valence-electron chi connectivity index (χ2n) is 9.49. The predicted octanol–water partition coefficient (Wildman–Crippen LogP) is 0.813. The summed E-state index contributed by atoms with van der Waals surface area (Å²) in [6.07, 6.45) is 0.263. The topological polar surface area (TPSA) is 133 Å². The second-order valence-corrected chi connectivity index (χ2v) is 9.49. The number of hydrogen-bond donors (Lipinski definition) is 3. The van der Waals surface area contributed by atoms with Gasteiger partial charge in [0.25, 0.3) is 11.8 Å². The number of rotatable bonds is 8. The molecule has 0 aliphatic carbocycles. The summed E-state index contributed by atoms with van der Waals surface area (Å²) < 4.78 is 0. The van der Waals surface area contributed by atoms with Crippen LogP contribution in [-0.4, -0.2) is 76.2 Å². The highest BCUT2D eigenvalue weighted by Crippen LogP contribution is 2.31. The number of nitrogens with zero attached hydrogens (tertiary/aromatic N) is 2. The van der Waals surface area contributed by atoms with E-state index in [-0.39, 0.29) is 48.4 Å². The normalized spacial score (nSPS) is 21.8. The van der Waals surface area contributed by atoms with E-state index in [0.717, 1.165) is 0 Å². The molecule has 4 atom stereocenters. The highest BCUT2D eigenvalue weighted by atomic mass is 16.3. The van der Waals surface area contributed by atoms with Gasteiger partial charge in [-0.05, 0) is 48.9 Å². The smallest absolute Gasteiger partial charge is 0.252 e. The highest BCUT2D eigenvalue weighted by molar-refractivity contribution is 5.98. The minimum atomic E-state index is -1.15. The Labute approximate surface area is 194 Å². The molecule has 0 spiro atoms. The molecule has 2 aliphatic heterocycles. The Morgan fingerprint density at radius 1 is 1.15 bits per heavy atom. The van der Waals surface area contributed by atoms with Crippen LogP contribution in [-0.2, 0) is 14.4 Å². The average Bonchev–Trinajstić information content (AvgIpc) is 3.34. The Kier molecular flexibility index (Phi) is 7.73. The largest absolute Gasteiger partial charge is 0.399 e. The van der Waals surface area contributed by atoms with Gasteiger partial charge in [-0.2, -0.15) is 0 Å². The molecule has 1 aromatic rings. The molecule has 0 bridgehead atoms. The molecule has 9 heteroatoms. The van der Waals surface area contributed by atoms with Crippen molar-refractivity contribution in [1.29, 1.82) is 0 Å². The van der Waals surface area contributed by atoms with Crippen LogP contribution in [0, 0.1) is 11.8 Å². The molecule has 2 aliphatic rings. The summed E-state index contributed by atoms with van der Waals surface area (Å²) in [4.78, 5) is 53.4. The van der Waals surface area contributed by atoms with Crippen molar-refractivity contribution in [1.82, 2.24) is 15.1 Å². The van der Waals surface area contributed by atoms with Gasteiger partial charge in [-0.15, -0.1) is 0 Å². The van der Waals surface area contributed by atoms with Crippen molar-refractivity contribution in [3.05, 3.63) is 29.8 Å². The second kappa shape index (κ2) is 10.3. The van der Waals surface area contributed by atoms with E-state index in [4.69, 9.17) is 5.73 Å². The molecule has 4 unspecified atom stereocenters. The summed E-state index contributed by atoms with van der Waals surface area (Å²) >= 11 is 0. The summed E-state index contributed by atoms with van der Waals surface area (Å²) in [6, 6.07) is 5.67. The number of ketones is 1. The Balaban J connectivity index is 1.49. The molecule has 4 N–H and O–H groups in total. The first-order chi connectivity index (χ1) is 15.6. The third-order valence-corrected chi connectivity index (χ3v) is 6.53. The zero-order valence-electron chi connectivity index (χ0n) is 19.5. The number of benzene rings is 1. The maximum absolute atomic E-state index is 12.9. The third kappa shape index (κ3) is 5.52. The Bertz CT molecular complexity index is 901. The number of nitrogens with two attached hydrogens (primary N) is 1. The molecule has 3 amide bonds. The van der Waals surface area contributed by atoms with Gasteiger partial charge in [0.05, 0.1) is 12.6 Å². The van der Waals surface area contributed by atoms with E-state index in [1.165, 1.54) is 4.90 Å². The van der Waals surface area contributed by atoms with Crippen LogP contribution in [0.15, 0.2) is 24.3 Å². The molecule has 1 aromatic carbocycles. The summed E-state index contributed by atoms with van der Waals surface area (Å²) in [7, 11) is 0. The van der Waals surface area contributed by atoms with E-state index in [1.807, 2.05) is 6.92 Å². The number of carbonyl (C=O) groups excluding carboxylic acids is 4. The van der Waals surface area contributed by atoms with Crippen molar-refractivity contribution in [2.45, 2.75) is 58.2 Å². The number of anilines is 1. The SMILES string of the molecule is CC(CCNC(=O)c1ccc(N)cc1)CC(=O)N1CCC2C1C(=O)CN2C(=O)C(O)C(C)C. The molecule has 0 saturated carbocycles. The van der Waals surface area contributed by atoms with E-state index in [0.29, 0.717) is 37.2 Å². The molecule has 9 nitrogen and oxygen atoms in total. The first-order valence-electron chi connectivity index (χ1n) is 11.5. The summed E-state index contributed by atoms with van der Waals surface area (Å²) in [6.45, 7) is 6.23. The van der Waals surface area contributed by atoms with Crippen LogP contribution in [0.4, 0.5) is 5.69 Å². The Morgan fingerprint density at radius 2 is 1.82 bits per heavy atom. The van der Waals surface area contributed by atoms with Gasteiger partial charge in [0.1, 0.15) is 12.1 Å². The highest BCUT2D eigenvalue weighted by Gasteiger charge is 2.52. The van der Waals surface area contributed by atoms with Crippen molar-refractivity contribution >= 4 is 29.2 Å². The lowest BCUT2D eigenvalue weighted by molar-refractivity contribution is -0.144. The molecule has 2 fully saturated rings. The molecule has 2 heterocycles. The van der Waals surface area contributed by atoms with Gasteiger partial charge in [-0.25, -0.2) is 0 Å². The van der Waals surface area contributed by atoms with Crippen LogP contribution < -0.4 is 11.1 Å². The number of hydrogen-bond acceptors (Lipinski definition) is 6. The number of Topliss-reactive ketones (excluding diaryl/α,β-unsaturated/α-hetero) is 1. The molecular weight excluding hydrogens is 424 g/mol. The van der Waals surface area contributed by atoms with E-state index in [2.05, 4.69) is 5.32 Å². The molecule has 0 aromatic heterocycles. The van der Waals surface area contributed by atoms with Crippen LogP contribution in [0.5, 0.6) is 0 Å². The first kappa shape index (κ1) is 24.7. The fourth-order valence-corrected chi connectivity index (χ4v) is 4.53. The van der Waals surface area contributed by atoms with E-state index in [1.54, 1.807) is 43.0 Å². The van der Waals surface area contributed by atoms with Crippen LogP contribution in [0.1, 0.15) is 50.4 Å². The van der Waals surface area contributed by atoms with Crippen molar-refractivity contribution in [2.75, 3.05) is 25.4 Å². The molecule has 0 radical (unpaired) electrons. The van der Waals surface area contributed by atoms with E-state index in [9.17, 15) is 24.3 Å². The fraction of sp³-hybridized carbons (Fsp3) is 0.583. The van der Waals surface area contributed by atoms with Crippen LogP contribution in [0.2, 0.25) is 0 Å². The average molecular weight is 459 g/mol. The van der Waals surface area contributed by atoms with Crippen molar-refractivity contribution < 1.29 is 24.3 Å². The predicted molar refractivity (Wildman–Crippen MR) is 123 cm³/mol. The molecular formula is C24H34N4O5. The van der Waals surface area contributed by atoms with Gasteiger partial charge in [0, 0.05) is 30.8 Å². The zero-order valence-corrected chi connectivity index (χ0v) is 19.5. The molecule has 2 saturated heterocycles. The number of nitrogens with one attached hydrogen (secondary N) is 1. The Hall–Kier alpha value is -2.94. The molecule has 33 heavy (non-hydrogen) atoms. The van der Waals surface area contributed by atoms with Crippen LogP contribution >= 0.6 is 0 Å². The number of amides is 3. The van der Waals surface area contributed by atoms with Gasteiger partial charge in [0.15, 0.2) is 5.78 Å². The third-order valence-electron chi connectivity index (χ3n) is 6.53. The van der Waals surface area contributed by atoms with E-state index >= 15 is 0 Å².